The molecule has 0 aliphatic rings. The van der Waals surface area contributed by atoms with Crippen molar-refractivity contribution in [3.8, 4) is 0 Å². The van der Waals surface area contributed by atoms with E-state index < -0.39 is 0 Å². The molecule has 2 rings (SSSR count). The number of benzene rings is 1. The van der Waals surface area contributed by atoms with Gasteiger partial charge in [-0.05, 0) is 30.2 Å². The van der Waals surface area contributed by atoms with Gasteiger partial charge in [0.15, 0.2) is 0 Å². The van der Waals surface area contributed by atoms with Gasteiger partial charge in [0.05, 0.1) is 11.2 Å². The summed E-state index contributed by atoms with van der Waals surface area (Å²) in [6.45, 7) is 5.45. The zero-order valence-corrected chi connectivity index (χ0v) is 11.1. The van der Waals surface area contributed by atoms with Gasteiger partial charge in [0.1, 0.15) is 0 Å². The lowest BCUT2D eigenvalue weighted by atomic mass is 10.0. The minimum atomic E-state index is 0.710. The zero-order chi connectivity index (χ0) is 13.0. The van der Waals surface area contributed by atoms with Crippen LogP contribution >= 0.6 is 0 Å². The molecule has 0 spiro atoms. The Morgan fingerprint density at radius 2 is 2.00 bits per heavy atom. The van der Waals surface area contributed by atoms with Crippen LogP contribution in [-0.2, 0) is 0 Å². The average molecular weight is 243 g/mol. The number of rotatable bonds is 5. The molecule has 0 radical (unpaired) electrons. The quantitative estimate of drug-likeness (QED) is 0.788. The summed E-state index contributed by atoms with van der Waals surface area (Å²) in [4.78, 5) is 4.43. The first-order chi connectivity index (χ1) is 8.76. The molecule has 18 heavy (non-hydrogen) atoms. The van der Waals surface area contributed by atoms with E-state index >= 15 is 0 Å². The number of fused-ring (bicyclic) bond motifs is 1. The van der Waals surface area contributed by atoms with E-state index in [0.29, 0.717) is 5.92 Å². The van der Waals surface area contributed by atoms with Crippen molar-refractivity contribution in [2.24, 2.45) is 5.92 Å². The summed E-state index contributed by atoms with van der Waals surface area (Å²) in [5, 5.41) is 4.52. The van der Waals surface area contributed by atoms with E-state index in [4.69, 9.17) is 5.73 Å². The van der Waals surface area contributed by atoms with E-state index in [-0.39, 0.29) is 0 Å². The molecule has 0 aliphatic carbocycles. The SMILES string of the molecule is CCC(CC)CNc1ccc(N)c2cccnc12. The zero-order valence-electron chi connectivity index (χ0n) is 11.1. The van der Waals surface area contributed by atoms with Crippen molar-refractivity contribution in [1.29, 1.82) is 0 Å². The number of hydrogen-bond donors (Lipinski definition) is 2. The van der Waals surface area contributed by atoms with Gasteiger partial charge in [0, 0.05) is 23.8 Å². The smallest absolute Gasteiger partial charge is 0.0953 e. The molecular formula is C15H21N3. The molecule has 0 unspecified atom stereocenters. The molecule has 3 N–H and O–H groups in total. The van der Waals surface area contributed by atoms with Crippen LogP contribution in [0.25, 0.3) is 10.9 Å². The standard InChI is InChI=1S/C15H21N3/c1-3-11(4-2)10-18-14-8-7-13(16)12-6-5-9-17-15(12)14/h5-9,11,18H,3-4,10,16H2,1-2H3. The normalized spacial score (nSPS) is 11.1. The van der Waals surface area contributed by atoms with Crippen molar-refractivity contribution in [3.05, 3.63) is 30.5 Å². The Bertz CT molecular complexity index is 518. The number of nitrogens with two attached hydrogens (primary N) is 1. The summed E-state index contributed by atoms with van der Waals surface area (Å²) in [7, 11) is 0. The first kappa shape index (κ1) is 12.7. The second-order valence-electron chi connectivity index (χ2n) is 4.67. The van der Waals surface area contributed by atoms with E-state index in [1.54, 1.807) is 0 Å². The number of aromatic nitrogens is 1. The maximum atomic E-state index is 5.97. The third-order valence-electron chi connectivity index (χ3n) is 3.54. The average Bonchev–Trinajstić information content (AvgIpc) is 2.42. The fourth-order valence-electron chi connectivity index (χ4n) is 2.17. The van der Waals surface area contributed by atoms with E-state index in [0.717, 1.165) is 28.8 Å². The molecular weight excluding hydrogens is 222 g/mol. The van der Waals surface area contributed by atoms with Gasteiger partial charge in [-0.3, -0.25) is 4.98 Å². The molecule has 0 saturated carbocycles. The molecule has 1 aromatic carbocycles. The van der Waals surface area contributed by atoms with Crippen molar-refractivity contribution in [2.45, 2.75) is 26.7 Å². The minimum Gasteiger partial charge on any atom is -0.398 e. The minimum absolute atomic E-state index is 0.710. The number of hydrogen-bond acceptors (Lipinski definition) is 3. The summed E-state index contributed by atoms with van der Waals surface area (Å²) in [5.74, 6) is 0.710. The van der Waals surface area contributed by atoms with E-state index in [2.05, 4.69) is 24.1 Å². The van der Waals surface area contributed by atoms with E-state index in [1.165, 1.54) is 12.8 Å². The molecule has 1 heterocycles. The predicted molar refractivity (Wildman–Crippen MR) is 78.7 cm³/mol. The highest BCUT2D eigenvalue weighted by atomic mass is 14.9. The molecule has 0 aliphatic heterocycles. The maximum absolute atomic E-state index is 5.97. The van der Waals surface area contributed by atoms with Gasteiger partial charge in [-0.2, -0.15) is 0 Å². The van der Waals surface area contributed by atoms with Crippen molar-refractivity contribution < 1.29 is 0 Å². The van der Waals surface area contributed by atoms with Crippen LogP contribution < -0.4 is 11.1 Å². The van der Waals surface area contributed by atoms with Crippen molar-refractivity contribution in [3.63, 3.8) is 0 Å². The van der Waals surface area contributed by atoms with Gasteiger partial charge in [-0.1, -0.05) is 26.7 Å². The van der Waals surface area contributed by atoms with Crippen LogP contribution in [0.3, 0.4) is 0 Å². The number of anilines is 2. The summed E-state index contributed by atoms with van der Waals surface area (Å²) < 4.78 is 0. The molecule has 0 atom stereocenters. The van der Waals surface area contributed by atoms with E-state index in [9.17, 15) is 0 Å². The molecule has 3 heteroatoms. The second-order valence-corrected chi connectivity index (χ2v) is 4.67. The Morgan fingerprint density at radius 3 is 2.72 bits per heavy atom. The van der Waals surface area contributed by atoms with Crippen LogP contribution in [0.2, 0.25) is 0 Å². The third-order valence-corrected chi connectivity index (χ3v) is 3.54. The molecule has 2 aromatic rings. The first-order valence-electron chi connectivity index (χ1n) is 6.63. The molecule has 3 nitrogen and oxygen atoms in total. The van der Waals surface area contributed by atoms with Crippen molar-refractivity contribution >= 4 is 22.3 Å². The predicted octanol–water partition coefficient (Wildman–Crippen LogP) is 3.67. The number of nitrogens with one attached hydrogen (secondary N) is 1. The van der Waals surface area contributed by atoms with Crippen molar-refractivity contribution in [2.75, 3.05) is 17.6 Å². The lowest BCUT2D eigenvalue weighted by molar-refractivity contribution is 0.519. The first-order valence-corrected chi connectivity index (χ1v) is 6.63. The lowest BCUT2D eigenvalue weighted by Crippen LogP contribution is -2.13. The Labute approximate surface area is 108 Å². The highest BCUT2D eigenvalue weighted by molar-refractivity contribution is 5.98. The van der Waals surface area contributed by atoms with Gasteiger partial charge in [0.25, 0.3) is 0 Å². The Hall–Kier alpha value is -1.77. The van der Waals surface area contributed by atoms with Gasteiger partial charge in [-0.25, -0.2) is 0 Å². The van der Waals surface area contributed by atoms with Gasteiger partial charge in [-0.15, -0.1) is 0 Å². The highest BCUT2D eigenvalue weighted by Gasteiger charge is 2.07. The van der Waals surface area contributed by atoms with Gasteiger partial charge < -0.3 is 11.1 Å². The summed E-state index contributed by atoms with van der Waals surface area (Å²) in [5.41, 5.74) is 8.79. The molecule has 0 bridgehead atoms. The number of nitrogens with zero attached hydrogens (tertiary/aromatic N) is 1. The van der Waals surface area contributed by atoms with Crippen LogP contribution in [0.15, 0.2) is 30.5 Å². The Morgan fingerprint density at radius 1 is 1.22 bits per heavy atom. The van der Waals surface area contributed by atoms with Crippen LogP contribution in [0.1, 0.15) is 26.7 Å². The summed E-state index contributed by atoms with van der Waals surface area (Å²) >= 11 is 0. The highest BCUT2D eigenvalue weighted by Crippen LogP contribution is 2.26. The van der Waals surface area contributed by atoms with Crippen LogP contribution in [-0.4, -0.2) is 11.5 Å². The fraction of sp³-hybridized carbons (Fsp3) is 0.400. The maximum Gasteiger partial charge on any atom is 0.0953 e. The van der Waals surface area contributed by atoms with Crippen molar-refractivity contribution in [1.82, 2.24) is 4.98 Å². The summed E-state index contributed by atoms with van der Waals surface area (Å²) in [6.07, 6.45) is 4.21. The number of nitrogen functional groups attached to an aromatic ring is 1. The van der Waals surface area contributed by atoms with Crippen LogP contribution in [0.5, 0.6) is 0 Å². The summed E-state index contributed by atoms with van der Waals surface area (Å²) in [6, 6.07) is 7.90. The molecule has 0 amide bonds. The lowest BCUT2D eigenvalue weighted by Gasteiger charge is -2.15. The largest absolute Gasteiger partial charge is 0.398 e. The molecule has 1 aromatic heterocycles. The number of pyridine rings is 1. The fourth-order valence-corrected chi connectivity index (χ4v) is 2.17. The van der Waals surface area contributed by atoms with Gasteiger partial charge >= 0.3 is 0 Å². The Balaban J connectivity index is 2.26. The monoisotopic (exact) mass is 243 g/mol. The molecule has 0 fully saturated rings. The second kappa shape index (κ2) is 5.71. The molecule has 96 valence electrons. The third kappa shape index (κ3) is 2.55. The molecule has 0 saturated heterocycles. The van der Waals surface area contributed by atoms with Crippen LogP contribution in [0.4, 0.5) is 11.4 Å². The van der Waals surface area contributed by atoms with Crippen LogP contribution in [0, 0.1) is 5.92 Å². The topological polar surface area (TPSA) is 50.9 Å². The Kier molecular flexibility index (Phi) is 4.03. The van der Waals surface area contributed by atoms with Gasteiger partial charge in [0.2, 0.25) is 0 Å². The van der Waals surface area contributed by atoms with E-state index in [1.807, 2.05) is 30.5 Å².